The average Bonchev–Trinajstić information content (AvgIpc) is 2.97. The van der Waals surface area contributed by atoms with Crippen LogP contribution in [0.15, 0.2) is 36.5 Å². The van der Waals surface area contributed by atoms with Gasteiger partial charge in [-0.15, -0.1) is 0 Å². The summed E-state index contributed by atoms with van der Waals surface area (Å²) >= 11 is 0. The predicted molar refractivity (Wildman–Crippen MR) is 77.1 cm³/mol. The molecule has 0 aliphatic carbocycles. The van der Waals surface area contributed by atoms with Crippen molar-refractivity contribution in [3.63, 3.8) is 0 Å². The minimum absolute atomic E-state index is 0.330. The fourth-order valence-corrected chi connectivity index (χ4v) is 2.92. The maximum absolute atomic E-state index is 5.76. The zero-order chi connectivity index (χ0) is 13.1. The van der Waals surface area contributed by atoms with E-state index in [1.165, 1.54) is 23.8 Å². The molecule has 2 aromatic rings. The third-order valence-electron chi connectivity index (χ3n) is 3.93. The molecule has 3 heteroatoms. The van der Waals surface area contributed by atoms with Gasteiger partial charge in [-0.05, 0) is 44.0 Å². The van der Waals surface area contributed by atoms with E-state index in [0.717, 1.165) is 18.5 Å². The molecule has 0 bridgehead atoms. The number of pyridine rings is 1. The van der Waals surface area contributed by atoms with Crippen LogP contribution in [0.3, 0.4) is 0 Å². The summed E-state index contributed by atoms with van der Waals surface area (Å²) in [7, 11) is 2.02. The first kappa shape index (κ1) is 12.6. The van der Waals surface area contributed by atoms with Crippen LogP contribution >= 0.6 is 0 Å². The van der Waals surface area contributed by atoms with Crippen molar-refractivity contribution in [2.75, 3.05) is 13.7 Å². The summed E-state index contributed by atoms with van der Waals surface area (Å²) < 4.78 is 5.76. The second-order valence-corrected chi connectivity index (χ2v) is 5.13. The van der Waals surface area contributed by atoms with Gasteiger partial charge in [-0.2, -0.15) is 0 Å². The van der Waals surface area contributed by atoms with Crippen LogP contribution in [0.2, 0.25) is 0 Å². The van der Waals surface area contributed by atoms with Gasteiger partial charge < -0.3 is 10.1 Å². The van der Waals surface area contributed by atoms with Crippen LogP contribution in [0.4, 0.5) is 0 Å². The van der Waals surface area contributed by atoms with E-state index in [0.29, 0.717) is 12.1 Å². The molecule has 1 N–H and O–H groups in total. The SMILES string of the molecule is CNC(CC1CCCO1)c1cccc2ncccc12. The number of hydrogen-bond donors (Lipinski definition) is 1. The van der Waals surface area contributed by atoms with E-state index >= 15 is 0 Å². The lowest BCUT2D eigenvalue weighted by molar-refractivity contribution is 0.0955. The van der Waals surface area contributed by atoms with Gasteiger partial charge in [-0.1, -0.05) is 18.2 Å². The summed E-state index contributed by atoms with van der Waals surface area (Å²) in [6.07, 6.45) is 5.65. The van der Waals surface area contributed by atoms with E-state index in [4.69, 9.17) is 4.74 Å². The van der Waals surface area contributed by atoms with Crippen LogP contribution in [-0.2, 0) is 4.74 Å². The van der Waals surface area contributed by atoms with Crippen molar-refractivity contribution in [1.82, 2.24) is 10.3 Å². The Balaban J connectivity index is 1.91. The number of ether oxygens (including phenoxy) is 1. The predicted octanol–water partition coefficient (Wildman–Crippen LogP) is 3.06. The lowest BCUT2D eigenvalue weighted by atomic mass is 9.96. The van der Waals surface area contributed by atoms with Crippen LogP contribution in [0.1, 0.15) is 30.9 Å². The quantitative estimate of drug-likeness (QED) is 0.913. The second-order valence-electron chi connectivity index (χ2n) is 5.13. The Bertz CT molecular complexity index is 544. The maximum atomic E-state index is 5.76. The molecule has 0 spiro atoms. The molecular formula is C16H20N2O. The van der Waals surface area contributed by atoms with Crippen LogP contribution < -0.4 is 5.32 Å². The molecule has 1 aromatic heterocycles. The maximum Gasteiger partial charge on any atom is 0.0705 e. The number of benzene rings is 1. The van der Waals surface area contributed by atoms with Gasteiger partial charge >= 0.3 is 0 Å². The van der Waals surface area contributed by atoms with E-state index in [-0.39, 0.29) is 0 Å². The van der Waals surface area contributed by atoms with Gasteiger partial charge in [0.25, 0.3) is 0 Å². The summed E-state index contributed by atoms with van der Waals surface area (Å²) in [5.41, 5.74) is 2.39. The van der Waals surface area contributed by atoms with Crippen molar-refractivity contribution < 1.29 is 4.74 Å². The van der Waals surface area contributed by atoms with Crippen LogP contribution in [0, 0.1) is 0 Å². The van der Waals surface area contributed by atoms with Gasteiger partial charge in [0.1, 0.15) is 0 Å². The van der Waals surface area contributed by atoms with E-state index in [2.05, 4.69) is 34.6 Å². The molecule has 1 saturated heterocycles. The molecule has 2 heterocycles. The van der Waals surface area contributed by atoms with Gasteiger partial charge in [-0.3, -0.25) is 4.98 Å². The molecule has 0 radical (unpaired) electrons. The van der Waals surface area contributed by atoms with Crippen LogP contribution in [-0.4, -0.2) is 24.7 Å². The van der Waals surface area contributed by atoms with E-state index in [1.54, 1.807) is 0 Å². The normalized spacial score (nSPS) is 20.8. The van der Waals surface area contributed by atoms with Gasteiger partial charge in [-0.25, -0.2) is 0 Å². The first-order valence-electron chi connectivity index (χ1n) is 7.01. The number of hydrogen-bond acceptors (Lipinski definition) is 3. The minimum atomic E-state index is 0.330. The van der Waals surface area contributed by atoms with E-state index in [1.807, 2.05) is 19.3 Å². The summed E-state index contributed by atoms with van der Waals surface area (Å²) in [5.74, 6) is 0. The highest BCUT2D eigenvalue weighted by molar-refractivity contribution is 5.82. The average molecular weight is 256 g/mol. The highest BCUT2D eigenvalue weighted by Crippen LogP contribution is 2.29. The third kappa shape index (κ3) is 2.62. The number of rotatable bonds is 4. The molecule has 0 amide bonds. The zero-order valence-corrected chi connectivity index (χ0v) is 11.3. The summed E-state index contributed by atoms with van der Waals surface area (Å²) in [6, 6.07) is 10.8. The Morgan fingerprint density at radius 1 is 1.37 bits per heavy atom. The smallest absolute Gasteiger partial charge is 0.0705 e. The van der Waals surface area contributed by atoms with Crippen molar-refractivity contribution in [2.45, 2.75) is 31.4 Å². The molecule has 1 aromatic carbocycles. The van der Waals surface area contributed by atoms with Crippen LogP contribution in [0.5, 0.6) is 0 Å². The molecule has 2 atom stereocenters. The highest BCUT2D eigenvalue weighted by atomic mass is 16.5. The summed E-state index contributed by atoms with van der Waals surface area (Å²) in [6.45, 7) is 0.915. The molecule has 3 rings (SSSR count). The highest BCUT2D eigenvalue weighted by Gasteiger charge is 2.22. The molecule has 3 nitrogen and oxygen atoms in total. The van der Waals surface area contributed by atoms with E-state index in [9.17, 15) is 0 Å². The van der Waals surface area contributed by atoms with E-state index < -0.39 is 0 Å². The molecule has 2 unspecified atom stereocenters. The summed E-state index contributed by atoms with van der Waals surface area (Å²) in [5, 5.41) is 4.67. The molecular weight excluding hydrogens is 236 g/mol. The fourth-order valence-electron chi connectivity index (χ4n) is 2.92. The Kier molecular flexibility index (Phi) is 3.76. The minimum Gasteiger partial charge on any atom is -0.378 e. The number of fused-ring (bicyclic) bond motifs is 1. The van der Waals surface area contributed by atoms with Crippen molar-refractivity contribution in [2.24, 2.45) is 0 Å². The van der Waals surface area contributed by atoms with Crippen molar-refractivity contribution in [3.05, 3.63) is 42.1 Å². The number of aromatic nitrogens is 1. The molecule has 1 aliphatic rings. The second kappa shape index (κ2) is 5.68. The topological polar surface area (TPSA) is 34.1 Å². The Labute approximate surface area is 114 Å². The molecule has 0 saturated carbocycles. The summed E-state index contributed by atoms with van der Waals surface area (Å²) in [4.78, 5) is 4.43. The number of nitrogens with zero attached hydrogens (tertiary/aromatic N) is 1. The Morgan fingerprint density at radius 3 is 3.11 bits per heavy atom. The van der Waals surface area contributed by atoms with Gasteiger partial charge in [0.2, 0.25) is 0 Å². The Morgan fingerprint density at radius 2 is 2.32 bits per heavy atom. The zero-order valence-electron chi connectivity index (χ0n) is 11.3. The first-order chi connectivity index (χ1) is 9.38. The molecule has 1 fully saturated rings. The largest absolute Gasteiger partial charge is 0.378 e. The first-order valence-corrected chi connectivity index (χ1v) is 7.01. The Hall–Kier alpha value is -1.45. The monoisotopic (exact) mass is 256 g/mol. The molecule has 100 valence electrons. The third-order valence-corrected chi connectivity index (χ3v) is 3.93. The lowest BCUT2D eigenvalue weighted by Crippen LogP contribution is -2.22. The standard InChI is InChI=1S/C16H20N2O/c1-17-16(11-12-5-4-10-19-12)14-6-2-8-15-13(14)7-3-9-18-15/h2-3,6-9,12,16-17H,4-5,10-11H2,1H3. The van der Waals surface area contributed by atoms with Crippen molar-refractivity contribution in [1.29, 1.82) is 0 Å². The van der Waals surface area contributed by atoms with Crippen molar-refractivity contribution >= 4 is 10.9 Å². The van der Waals surface area contributed by atoms with Gasteiger partial charge in [0.15, 0.2) is 0 Å². The molecule has 19 heavy (non-hydrogen) atoms. The molecule has 1 aliphatic heterocycles. The van der Waals surface area contributed by atoms with Gasteiger partial charge in [0, 0.05) is 24.2 Å². The lowest BCUT2D eigenvalue weighted by Gasteiger charge is -2.21. The number of nitrogens with one attached hydrogen (secondary N) is 1. The fraction of sp³-hybridized carbons (Fsp3) is 0.438. The van der Waals surface area contributed by atoms with Gasteiger partial charge in [0.05, 0.1) is 11.6 Å². The van der Waals surface area contributed by atoms with Crippen LogP contribution in [0.25, 0.3) is 10.9 Å². The van der Waals surface area contributed by atoms with Crippen molar-refractivity contribution in [3.8, 4) is 0 Å².